The Balaban J connectivity index is 1.87. The molecule has 1 N–H and O–H groups in total. The van der Waals surface area contributed by atoms with Gasteiger partial charge < -0.3 is 10.1 Å². The molecule has 5 heteroatoms. The molecule has 0 amide bonds. The summed E-state index contributed by atoms with van der Waals surface area (Å²) in [5.74, 6) is 1.60. The number of methoxy groups -OCH3 is 1. The number of ether oxygens (including phenoxy) is 1. The molecule has 100 valence electrons. The van der Waals surface area contributed by atoms with Gasteiger partial charge in [-0.25, -0.2) is 9.97 Å². The Bertz CT molecular complexity index is 595. The van der Waals surface area contributed by atoms with E-state index in [2.05, 4.69) is 27.9 Å². The Kier molecular flexibility index (Phi) is 3.48. The third-order valence-corrected chi connectivity index (χ3v) is 4.39. The minimum Gasteiger partial charge on any atom is -0.381 e. The summed E-state index contributed by atoms with van der Waals surface area (Å²) in [6.45, 7) is 3.75. The first kappa shape index (κ1) is 12.6. The lowest BCUT2D eigenvalue weighted by atomic mass is 10.2. The van der Waals surface area contributed by atoms with Crippen LogP contribution >= 0.6 is 11.3 Å². The average molecular weight is 275 g/mol. The molecule has 1 aliphatic rings. The van der Waals surface area contributed by atoms with Crippen molar-refractivity contribution in [1.82, 2.24) is 9.97 Å². The van der Waals surface area contributed by atoms with E-state index in [4.69, 9.17) is 4.74 Å². The summed E-state index contributed by atoms with van der Waals surface area (Å²) < 4.78 is 5.41. The number of rotatable bonds is 4. The standard InChI is InChI=1S/C14H17N3OS/c1-3-12-16-13(11-6-7-19-14(11)17-12)15-9-4-5-10(8-9)18-2/h3,6-7,9-10H,1,4-5,8H2,2H3,(H,15,16,17). The Morgan fingerprint density at radius 3 is 3.11 bits per heavy atom. The van der Waals surface area contributed by atoms with Crippen LogP contribution in [0.1, 0.15) is 25.1 Å². The van der Waals surface area contributed by atoms with Crippen LogP contribution < -0.4 is 5.32 Å². The lowest BCUT2D eigenvalue weighted by Crippen LogP contribution is -2.18. The Morgan fingerprint density at radius 1 is 1.47 bits per heavy atom. The summed E-state index contributed by atoms with van der Waals surface area (Å²) in [5.41, 5.74) is 0. The number of hydrogen-bond donors (Lipinski definition) is 1. The summed E-state index contributed by atoms with van der Waals surface area (Å²) in [5, 5.41) is 6.68. The maximum absolute atomic E-state index is 5.41. The number of nitrogens with one attached hydrogen (secondary N) is 1. The second-order valence-electron chi connectivity index (χ2n) is 4.79. The molecule has 1 saturated carbocycles. The van der Waals surface area contributed by atoms with Gasteiger partial charge in [-0.2, -0.15) is 0 Å². The highest BCUT2D eigenvalue weighted by Gasteiger charge is 2.25. The molecule has 2 unspecified atom stereocenters. The molecule has 2 aromatic rings. The molecule has 1 aliphatic carbocycles. The van der Waals surface area contributed by atoms with Crippen LogP contribution in [0.3, 0.4) is 0 Å². The predicted molar refractivity (Wildman–Crippen MR) is 79.6 cm³/mol. The summed E-state index contributed by atoms with van der Waals surface area (Å²) in [4.78, 5) is 9.98. The maximum Gasteiger partial charge on any atom is 0.155 e. The van der Waals surface area contributed by atoms with Gasteiger partial charge in [0.25, 0.3) is 0 Å². The zero-order chi connectivity index (χ0) is 13.2. The molecule has 3 rings (SSSR count). The number of hydrogen-bond acceptors (Lipinski definition) is 5. The van der Waals surface area contributed by atoms with Crippen molar-refractivity contribution in [3.05, 3.63) is 23.8 Å². The Morgan fingerprint density at radius 2 is 2.37 bits per heavy atom. The SMILES string of the molecule is C=Cc1nc(NC2CCC(OC)C2)c2ccsc2n1. The molecule has 4 nitrogen and oxygen atoms in total. The van der Waals surface area contributed by atoms with E-state index < -0.39 is 0 Å². The molecule has 0 saturated heterocycles. The molecule has 2 atom stereocenters. The van der Waals surface area contributed by atoms with E-state index in [1.54, 1.807) is 24.5 Å². The summed E-state index contributed by atoms with van der Waals surface area (Å²) in [7, 11) is 1.78. The van der Waals surface area contributed by atoms with Gasteiger partial charge in [0.05, 0.1) is 11.5 Å². The first-order valence-corrected chi connectivity index (χ1v) is 7.35. The van der Waals surface area contributed by atoms with Crippen molar-refractivity contribution in [3.63, 3.8) is 0 Å². The minimum absolute atomic E-state index is 0.371. The molecule has 19 heavy (non-hydrogen) atoms. The van der Waals surface area contributed by atoms with Crippen LogP contribution in [0.2, 0.25) is 0 Å². The van der Waals surface area contributed by atoms with Crippen molar-refractivity contribution in [1.29, 1.82) is 0 Å². The first-order valence-electron chi connectivity index (χ1n) is 6.47. The normalized spacial score (nSPS) is 22.8. The van der Waals surface area contributed by atoms with Crippen molar-refractivity contribution >= 4 is 33.4 Å². The quantitative estimate of drug-likeness (QED) is 0.930. The number of aromatic nitrogens is 2. The van der Waals surface area contributed by atoms with E-state index in [-0.39, 0.29) is 0 Å². The van der Waals surface area contributed by atoms with Gasteiger partial charge in [0.1, 0.15) is 10.6 Å². The number of anilines is 1. The van der Waals surface area contributed by atoms with E-state index >= 15 is 0 Å². The monoisotopic (exact) mass is 275 g/mol. The number of nitrogens with zero attached hydrogens (tertiary/aromatic N) is 2. The minimum atomic E-state index is 0.371. The third kappa shape index (κ3) is 2.48. The number of thiophene rings is 1. The molecule has 0 bridgehead atoms. The molecule has 0 spiro atoms. The Hall–Kier alpha value is -1.46. The topological polar surface area (TPSA) is 47.0 Å². The highest BCUT2D eigenvalue weighted by atomic mass is 32.1. The van der Waals surface area contributed by atoms with Crippen LogP contribution in [0.15, 0.2) is 18.0 Å². The van der Waals surface area contributed by atoms with E-state index in [1.807, 2.05) is 5.38 Å². The van der Waals surface area contributed by atoms with Crippen LogP contribution in [0.5, 0.6) is 0 Å². The lowest BCUT2D eigenvalue weighted by Gasteiger charge is -2.14. The van der Waals surface area contributed by atoms with E-state index in [0.29, 0.717) is 18.0 Å². The fourth-order valence-corrected chi connectivity index (χ4v) is 3.32. The molecular formula is C14H17N3OS. The van der Waals surface area contributed by atoms with Crippen molar-refractivity contribution in [2.24, 2.45) is 0 Å². The smallest absolute Gasteiger partial charge is 0.155 e. The first-order chi connectivity index (χ1) is 9.30. The summed E-state index contributed by atoms with van der Waals surface area (Å²) >= 11 is 1.63. The molecule has 2 aromatic heterocycles. The zero-order valence-electron chi connectivity index (χ0n) is 10.9. The van der Waals surface area contributed by atoms with Crippen LogP contribution in [-0.2, 0) is 4.74 Å². The molecular weight excluding hydrogens is 258 g/mol. The molecule has 0 radical (unpaired) electrons. The second-order valence-corrected chi connectivity index (χ2v) is 5.68. The predicted octanol–water partition coefficient (Wildman–Crippen LogP) is 3.31. The molecule has 0 aromatic carbocycles. The lowest BCUT2D eigenvalue weighted by molar-refractivity contribution is 0.108. The molecule has 2 heterocycles. The maximum atomic E-state index is 5.41. The van der Waals surface area contributed by atoms with Crippen LogP contribution in [0, 0.1) is 0 Å². The van der Waals surface area contributed by atoms with Gasteiger partial charge in [-0.15, -0.1) is 11.3 Å². The van der Waals surface area contributed by atoms with E-state index in [1.165, 1.54) is 0 Å². The zero-order valence-corrected chi connectivity index (χ0v) is 11.7. The van der Waals surface area contributed by atoms with Crippen molar-refractivity contribution in [2.45, 2.75) is 31.4 Å². The van der Waals surface area contributed by atoms with Gasteiger partial charge in [-0.1, -0.05) is 6.58 Å². The van der Waals surface area contributed by atoms with Gasteiger partial charge in [0.2, 0.25) is 0 Å². The van der Waals surface area contributed by atoms with Gasteiger partial charge >= 0.3 is 0 Å². The Labute approximate surface area is 116 Å². The van der Waals surface area contributed by atoms with Crippen molar-refractivity contribution in [3.8, 4) is 0 Å². The van der Waals surface area contributed by atoms with E-state index in [0.717, 1.165) is 35.3 Å². The van der Waals surface area contributed by atoms with Crippen LogP contribution in [0.4, 0.5) is 5.82 Å². The summed E-state index contributed by atoms with van der Waals surface area (Å²) in [6.07, 6.45) is 5.33. The molecule has 0 aliphatic heterocycles. The summed E-state index contributed by atoms with van der Waals surface area (Å²) in [6, 6.07) is 2.50. The average Bonchev–Trinajstić information content (AvgIpc) is 3.06. The van der Waals surface area contributed by atoms with Gasteiger partial charge in [0.15, 0.2) is 5.82 Å². The third-order valence-electron chi connectivity index (χ3n) is 3.58. The fraction of sp³-hybridized carbons (Fsp3) is 0.429. The second kappa shape index (κ2) is 5.27. The van der Waals surface area contributed by atoms with Crippen molar-refractivity contribution < 1.29 is 4.74 Å². The van der Waals surface area contributed by atoms with Crippen LogP contribution in [0.25, 0.3) is 16.3 Å². The van der Waals surface area contributed by atoms with Gasteiger partial charge in [0, 0.05) is 13.2 Å². The highest BCUT2D eigenvalue weighted by molar-refractivity contribution is 7.16. The largest absolute Gasteiger partial charge is 0.381 e. The fourth-order valence-electron chi connectivity index (χ4n) is 2.55. The number of fused-ring (bicyclic) bond motifs is 1. The van der Waals surface area contributed by atoms with Gasteiger partial charge in [-0.3, -0.25) is 0 Å². The van der Waals surface area contributed by atoms with Gasteiger partial charge in [-0.05, 0) is 36.8 Å². The molecule has 1 fully saturated rings. The highest BCUT2D eigenvalue weighted by Crippen LogP contribution is 2.29. The van der Waals surface area contributed by atoms with Crippen LogP contribution in [-0.4, -0.2) is 29.2 Å². The van der Waals surface area contributed by atoms with E-state index in [9.17, 15) is 0 Å². The van der Waals surface area contributed by atoms with Crippen molar-refractivity contribution in [2.75, 3.05) is 12.4 Å².